The van der Waals surface area contributed by atoms with Gasteiger partial charge in [0.2, 0.25) is 0 Å². The Morgan fingerprint density at radius 2 is 1.67 bits per heavy atom. The van der Waals surface area contributed by atoms with Gasteiger partial charge in [-0.15, -0.1) is 0 Å². The first kappa shape index (κ1) is 23.4. The van der Waals surface area contributed by atoms with Crippen LogP contribution in [0.15, 0.2) is 83.8 Å². The fourth-order valence-corrected chi connectivity index (χ4v) is 4.04. The molecule has 0 radical (unpaired) electrons. The maximum Gasteiger partial charge on any atom is 0.338 e. The van der Waals surface area contributed by atoms with Gasteiger partial charge in [-0.25, -0.2) is 13.2 Å². The molecule has 0 fully saturated rings. The zero-order valence-electron chi connectivity index (χ0n) is 17.4. The van der Waals surface area contributed by atoms with E-state index in [1.165, 1.54) is 55.6 Å². The number of para-hydroxylation sites is 1. The average Bonchev–Trinajstić information content (AvgIpc) is 2.83. The van der Waals surface area contributed by atoms with Gasteiger partial charge in [0, 0.05) is 24.9 Å². The second-order valence-electron chi connectivity index (χ2n) is 6.76. The number of amides is 1. The zero-order valence-corrected chi connectivity index (χ0v) is 18.2. The number of sulfonamides is 1. The second kappa shape index (κ2) is 9.92. The van der Waals surface area contributed by atoms with Gasteiger partial charge in [0.05, 0.1) is 21.1 Å². The van der Waals surface area contributed by atoms with E-state index in [2.05, 4.69) is 5.32 Å². The molecule has 0 aliphatic carbocycles. The maximum absolute atomic E-state index is 12.9. The number of anilines is 2. The predicted octanol–water partition coefficient (Wildman–Crippen LogP) is 3.22. The van der Waals surface area contributed by atoms with E-state index < -0.39 is 33.4 Å². The van der Waals surface area contributed by atoms with Crippen LogP contribution in [0.3, 0.4) is 0 Å². The molecule has 3 aromatic rings. The molecule has 3 aromatic carbocycles. The van der Waals surface area contributed by atoms with Gasteiger partial charge in [0.25, 0.3) is 21.6 Å². The minimum Gasteiger partial charge on any atom is -0.452 e. The number of nitro groups is 1. The molecule has 0 unspecified atom stereocenters. The molecular formula is C22H19N3O7S. The Labute approximate surface area is 189 Å². The van der Waals surface area contributed by atoms with Crippen LogP contribution in [0.1, 0.15) is 10.4 Å². The molecule has 10 nitrogen and oxygen atoms in total. The van der Waals surface area contributed by atoms with Gasteiger partial charge in [-0.2, -0.15) is 0 Å². The molecule has 0 spiro atoms. The van der Waals surface area contributed by atoms with Gasteiger partial charge >= 0.3 is 5.97 Å². The van der Waals surface area contributed by atoms with Crippen molar-refractivity contribution in [2.24, 2.45) is 0 Å². The number of esters is 1. The smallest absolute Gasteiger partial charge is 0.338 e. The van der Waals surface area contributed by atoms with E-state index >= 15 is 0 Å². The normalized spacial score (nSPS) is 10.8. The Morgan fingerprint density at radius 1 is 1.00 bits per heavy atom. The van der Waals surface area contributed by atoms with Crippen LogP contribution in [0.25, 0.3) is 0 Å². The Morgan fingerprint density at radius 3 is 2.30 bits per heavy atom. The Balaban J connectivity index is 1.64. The fraction of sp³-hybridized carbons (Fsp3) is 0.0909. The number of ether oxygens (including phenoxy) is 1. The second-order valence-corrected chi connectivity index (χ2v) is 8.73. The highest BCUT2D eigenvalue weighted by Gasteiger charge is 2.23. The number of rotatable bonds is 8. The molecule has 3 rings (SSSR count). The topological polar surface area (TPSA) is 136 Å². The SMILES string of the molecule is CN(c1ccccc1)S(=O)(=O)c1cccc(C(=O)OCC(=O)Nc2ccc([N+](=O)[O-])cc2)c1. The number of nitrogens with zero attached hydrogens (tertiary/aromatic N) is 2. The van der Waals surface area contributed by atoms with Crippen molar-refractivity contribution >= 4 is 39.0 Å². The van der Waals surface area contributed by atoms with Crippen LogP contribution < -0.4 is 9.62 Å². The van der Waals surface area contributed by atoms with Crippen LogP contribution in [-0.4, -0.2) is 38.9 Å². The number of non-ortho nitro benzene ring substituents is 1. The molecule has 0 bridgehead atoms. The third-order valence-corrected chi connectivity index (χ3v) is 6.33. The number of benzene rings is 3. The number of carbonyl (C=O) groups is 2. The third-order valence-electron chi connectivity index (χ3n) is 4.54. The Kier molecular flexibility index (Phi) is 7.04. The quantitative estimate of drug-likeness (QED) is 0.304. The first-order valence-electron chi connectivity index (χ1n) is 9.54. The molecule has 0 atom stereocenters. The predicted molar refractivity (Wildman–Crippen MR) is 120 cm³/mol. The summed E-state index contributed by atoms with van der Waals surface area (Å²) in [6, 6.07) is 18.9. The molecule has 0 aromatic heterocycles. The van der Waals surface area contributed by atoms with Gasteiger partial charge in [-0.1, -0.05) is 24.3 Å². The van der Waals surface area contributed by atoms with Crippen LogP contribution in [0.4, 0.5) is 17.1 Å². The zero-order chi connectivity index (χ0) is 24.0. The Hall–Kier alpha value is -4.25. The largest absolute Gasteiger partial charge is 0.452 e. The van der Waals surface area contributed by atoms with Crippen molar-refractivity contribution in [1.82, 2.24) is 0 Å². The van der Waals surface area contributed by atoms with Crippen molar-refractivity contribution in [3.8, 4) is 0 Å². The van der Waals surface area contributed by atoms with E-state index in [4.69, 9.17) is 4.74 Å². The summed E-state index contributed by atoms with van der Waals surface area (Å²) in [5, 5.41) is 13.1. The molecule has 0 aliphatic rings. The number of carbonyl (C=O) groups excluding carboxylic acids is 2. The summed E-state index contributed by atoms with van der Waals surface area (Å²) in [5.41, 5.74) is 0.569. The van der Waals surface area contributed by atoms with E-state index in [0.29, 0.717) is 11.4 Å². The lowest BCUT2D eigenvalue weighted by Gasteiger charge is -2.19. The van der Waals surface area contributed by atoms with Crippen molar-refractivity contribution in [2.75, 3.05) is 23.3 Å². The monoisotopic (exact) mass is 469 g/mol. The van der Waals surface area contributed by atoms with Crippen LogP contribution in [-0.2, 0) is 19.6 Å². The molecule has 0 saturated carbocycles. The van der Waals surface area contributed by atoms with Gasteiger partial charge in [-0.05, 0) is 42.5 Å². The lowest BCUT2D eigenvalue weighted by Crippen LogP contribution is -2.26. The molecule has 1 N–H and O–H groups in total. The van der Waals surface area contributed by atoms with Gasteiger partial charge in [0.1, 0.15) is 0 Å². The van der Waals surface area contributed by atoms with Crippen molar-refractivity contribution in [2.45, 2.75) is 4.90 Å². The lowest BCUT2D eigenvalue weighted by molar-refractivity contribution is -0.384. The van der Waals surface area contributed by atoms with Crippen molar-refractivity contribution in [3.05, 3.63) is 94.5 Å². The van der Waals surface area contributed by atoms with E-state index in [1.807, 2.05) is 0 Å². The van der Waals surface area contributed by atoms with Crippen molar-refractivity contribution < 1.29 is 27.7 Å². The summed E-state index contributed by atoms with van der Waals surface area (Å²) in [7, 11) is -2.53. The number of hydrogen-bond donors (Lipinski definition) is 1. The number of nitrogens with one attached hydrogen (secondary N) is 1. The van der Waals surface area contributed by atoms with Crippen LogP contribution in [0.2, 0.25) is 0 Å². The molecule has 1 amide bonds. The summed E-state index contributed by atoms with van der Waals surface area (Å²) in [5.74, 6) is -1.54. The van der Waals surface area contributed by atoms with Crippen LogP contribution >= 0.6 is 0 Å². The minimum absolute atomic E-state index is 0.0410. The molecule has 0 heterocycles. The number of hydrogen-bond acceptors (Lipinski definition) is 7. The molecule has 170 valence electrons. The summed E-state index contributed by atoms with van der Waals surface area (Å²) in [6.45, 7) is -0.628. The van der Waals surface area contributed by atoms with E-state index in [-0.39, 0.29) is 16.1 Å². The first-order valence-corrected chi connectivity index (χ1v) is 11.0. The fourth-order valence-electron chi connectivity index (χ4n) is 2.80. The molecule has 11 heteroatoms. The first-order chi connectivity index (χ1) is 15.7. The highest BCUT2D eigenvalue weighted by Crippen LogP contribution is 2.22. The van der Waals surface area contributed by atoms with Gasteiger partial charge < -0.3 is 10.1 Å². The van der Waals surface area contributed by atoms with Crippen molar-refractivity contribution in [1.29, 1.82) is 0 Å². The molecule has 0 saturated heterocycles. The third kappa shape index (κ3) is 5.71. The number of nitro benzene ring substituents is 1. The highest BCUT2D eigenvalue weighted by molar-refractivity contribution is 7.92. The van der Waals surface area contributed by atoms with Gasteiger partial charge in [-0.3, -0.25) is 19.2 Å². The average molecular weight is 469 g/mol. The summed E-state index contributed by atoms with van der Waals surface area (Å²) in [6.07, 6.45) is 0. The maximum atomic E-state index is 12.9. The summed E-state index contributed by atoms with van der Waals surface area (Å²) < 4.78 is 31.9. The van der Waals surface area contributed by atoms with Crippen molar-refractivity contribution in [3.63, 3.8) is 0 Å². The van der Waals surface area contributed by atoms with E-state index in [9.17, 15) is 28.1 Å². The van der Waals surface area contributed by atoms with E-state index in [1.54, 1.807) is 30.3 Å². The van der Waals surface area contributed by atoms with Gasteiger partial charge in [0.15, 0.2) is 6.61 Å². The summed E-state index contributed by atoms with van der Waals surface area (Å²) >= 11 is 0. The van der Waals surface area contributed by atoms with E-state index in [0.717, 1.165) is 4.31 Å². The Bertz CT molecular complexity index is 1280. The van der Waals surface area contributed by atoms with Crippen LogP contribution in [0.5, 0.6) is 0 Å². The minimum atomic E-state index is -3.93. The molecule has 0 aliphatic heterocycles. The standard InChI is InChI=1S/C22H19N3O7S/c1-24(18-7-3-2-4-8-18)33(30,31)20-9-5-6-16(14-20)22(27)32-15-21(26)23-17-10-12-19(13-11-17)25(28)29/h2-14H,15H2,1H3,(H,23,26). The highest BCUT2D eigenvalue weighted by atomic mass is 32.2. The molecular weight excluding hydrogens is 450 g/mol. The van der Waals surface area contributed by atoms with Crippen LogP contribution in [0, 0.1) is 10.1 Å². The lowest BCUT2D eigenvalue weighted by atomic mass is 10.2. The summed E-state index contributed by atoms with van der Waals surface area (Å²) in [4.78, 5) is 34.3. The molecule has 33 heavy (non-hydrogen) atoms.